The first-order valence-corrected chi connectivity index (χ1v) is 6.07. The van der Waals surface area contributed by atoms with E-state index in [9.17, 15) is 4.79 Å². The molecule has 0 aliphatic heterocycles. The highest BCUT2D eigenvalue weighted by Crippen LogP contribution is 2.57. The molecule has 15 heavy (non-hydrogen) atoms. The smallest absolute Gasteiger partial charge is 0.224 e. The molecule has 0 saturated heterocycles. The minimum absolute atomic E-state index is 0.136. The second kappa shape index (κ2) is 3.78. The van der Waals surface area contributed by atoms with Crippen molar-refractivity contribution in [3.8, 4) is 0 Å². The third-order valence-corrected chi connectivity index (χ3v) is 3.94. The fourth-order valence-corrected chi connectivity index (χ4v) is 3.05. The Hall–Kier alpha value is -0.570. The first kappa shape index (κ1) is 10.9. The molecule has 0 aromatic rings. The zero-order valence-corrected chi connectivity index (χ0v) is 9.75. The summed E-state index contributed by atoms with van der Waals surface area (Å²) in [5, 5.41) is 3.13. The number of carbonyl (C=O) groups excluding carboxylic acids is 1. The van der Waals surface area contributed by atoms with Gasteiger partial charge in [-0.2, -0.15) is 0 Å². The number of carbonyl (C=O) groups is 1. The summed E-state index contributed by atoms with van der Waals surface area (Å²) in [6.45, 7) is 4.73. The minimum atomic E-state index is -0.136. The van der Waals surface area contributed by atoms with Gasteiger partial charge >= 0.3 is 0 Å². The maximum atomic E-state index is 12.0. The predicted octanol–water partition coefficient (Wildman–Crippen LogP) is 1.28. The quantitative estimate of drug-likeness (QED) is 0.734. The molecule has 0 bridgehead atoms. The van der Waals surface area contributed by atoms with Crippen LogP contribution in [0.1, 0.15) is 39.5 Å². The zero-order valence-electron chi connectivity index (χ0n) is 9.75. The van der Waals surface area contributed by atoms with Gasteiger partial charge in [0.2, 0.25) is 5.91 Å². The Kier molecular flexibility index (Phi) is 2.75. The molecule has 0 radical (unpaired) electrons. The number of fused-ring (bicyclic) bond motifs is 1. The van der Waals surface area contributed by atoms with Crippen LogP contribution in [-0.2, 0) is 4.79 Å². The van der Waals surface area contributed by atoms with Crippen LogP contribution < -0.4 is 11.1 Å². The molecule has 3 nitrogen and oxygen atoms in total. The lowest BCUT2D eigenvalue weighted by Crippen LogP contribution is -2.45. The highest BCUT2D eigenvalue weighted by atomic mass is 16.2. The highest BCUT2D eigenvalue weighted by molar-refractivity contribution is 5.83. The second-order valence-electron chi connectivity index (χ2n) is 5.70. The molecule has 0 aromatic carbocycles. The summed E-state index contributed by atoms with van der Waals surface area (Å²) in [5.41, 5.74) is 5.39. The summed E-state index contributed by atoms with van der Waals surface area (Å²) >= 11 is 0. The molecule has 2 aliphatic rings. The number of nitrogens with one attached hydrogen (secondary N) is 1. The molecule has 1 amide bonds. The zero-order chi connectivity index (χ0) is 11.1. The van der Waals surface area contributed by atoms with Crippen LogP contribution in [0, 0.1) is 17.8 Å². The second-order valence-corrected chi connectivity index (χ2v) is 5.70. The SMILES string of the molecule is CC(C)(CCN)NC(=O)C1C2CCCC21. The Morgan fingerprint density at radius 1 is 1.40 bits per heavy atom. The lowest BCUT2D eigenvalue weighted by Gasteiger charge is -2.26. The van der Waals surface area contributed by atoms with Crippen molar-refractivity contribution in [3.63, 3.8) is 0 Å². The number of nitrogens with two attached hydrogens (primary N) is 1. The molecule has 2 atom stereocenters. The van der Waals surface area contributed by atoms with Crippen molar-refractivity contribution in [2.24, 2.45) is 23.5 Å². The summed E-state index contributed by atoms with van der Waals surface area (Å²) in [5.74, 6) is 2.01. The fourth-order valence-electron chi connectivity index (χ4n) is 3.05. The van der Waals surface area contributed by atoms with E-state index in [2.05, 4.69) is 19.2 Å². The Labute approximate surface area is 91.8 Å². The predicted molar refractivity (Wildman–Crippen MR) is 60.2 cm³/mol. The van der Waals surface area contributed by atoms with Crippen molar-refractivity contribution >= 4 is 5.91 Å². The van der Waals surface area contributed by atoms with E-state index < -0.39 is 0 Å². The van der Waals surface area contributed by atoms with E-state index in [1.54, 1.807) is 0 Å². The summed E-state index contributed by atoms with van der Waals surface area (Å²) in [6.07, 6.45) is 4.70. The average molecular weight is 210 g/mol. The maximum Gasteiger partial charge on any atom is 0.224 e. The van der Waals surface area contributed by atoms with Crippen LogP contribution in [0.15, 0.2) is 0 Å². The Balaban J connectivity index is 1.83. The van der Waals surface area contributed by atoms with Crippen LogP contribution >= 0.6 is 0 Å². The molecule has 3 heteroatoms. The van der Waals surface area contributed by atoms with Crippen molar-refractivity contribution in [1.82, 2.24) is 5.32 Å². The monoisotopic (exact) mass is 210 g/mol. The van der Waals surface area contributed by atoms with Crippen LogP contribution in [0.5, 0.6) is 0 Å². The molecule has 0 spiro atoms. The van der Waals surface area contributed by atoms with Gasteiger partial charge in [-0.25, -0.2) is 0 Å². The highest BCUT2D eigenvalue weighted by Gasteiger charge is 2.56. The first-order chi connectivity index (χ1) is 7.05. The summed E-state index contributed by atoms with van der Waals surface area (Å²) < 4.78 is 0. The van der Waals surface area contributed by atoms with Gasteiger partial charge in [-0.3, -0.25) is 4.79 Å². The number of amides is 1. The van der Waals surface area contributed by atoms with Crippen molar-refractivity contribution in [3.05, 3.63) is 0 Å². The van der Waals surface area contributed by atoms with Crippen molar-refractivity contribution in [2.45, 2.75) is 45.1 Å². The maximum absolute atomic E-state index is 12.0. The number of hydrogen-bond acceptors (Lipinski definition) is 2. The average Bonchev–Trinajstić information content (AvgIpc) is 2.60. The van der Waals surface area contributed by atoms with Crippen molar-refractivity contribution in [1.29, 1.82) is 0 Å². The first-order valence-electron chi connectivity index (χ1n) is 6.07. The molecule has 2 saturated carbocycles. The minimum Gasteiger partial charge on any atom is -0.351 e. The van der Waals surface area contributed by atoms with E-state index >= 15 is 0 Å². The Morgan fingerprint density at radius 2 is 2.00 bits per heavy atom. The molecule has 3 N–H and O–H groups in total. The lowest BCUT2D eigenvalue weighted by molar-refractivity contribution is -0.124. The van der Waals surface area contributed by atoms with E-state index in [4.69, 9.17) is 5.73 Å². The van der Waals surface area contributed by atoms with Gasteiger partial charge in [0.25, 0.3) is 0 Å². The molecular weight excluding hydrogens is 188 g/mol. The molecule has 0 heterocycles. The van der Waals surface area contributed by atoms with E-state index in [1.165, 1.54) is 19.3 Å². The third-order valence-electron chi connectivity index (χ3n) is 3.94. The lowest BCUT2D eigenvalue weighted by atomic mass is 10.00. The fraction of sp³-hybridized carbons (Fsp3) is 0.917. The summed E-state index contributed by atoms with van der Waals surface area (Å²) in [6, 6.07) is 0. The van der Waals surface area contributed by atoms with Gasteiger partial charge in [-0.05, 0) is 51.5 Å². The molecule has 2 unspecified atom stereocenters. The Morgan fingerprint density at radius 3 is 2.53 bits per heavy atom. The van der Waals surface area contributed by atoms with E-state index in [1.807, 2.05) is 0 Å². The third kappa shape index (κ3) is 2.17. The standard InChI is InChI=1S/C12H22N2O/c1-12(2,6-7-13)14-11(15)10-8-4-3-5-9(8)10/h8-10H,3-7,13H2,1-2H3,(H,14,15). The number of rotatable bonds is 4. The molecule has 2 fully saturated rings. The van der Waals surface area contributed by atoms with Gasteiger partial charge in [-0.15, -0.1) is 0 Å². The topological polar surface area (TPSA) is 55.1 Å². The normalized spacial score (nSPS) is 33.7. The van der Waals surface area contributed by atoms with E-state index in [-0.39, 0.29) is 11.4 Å². The molecule has 2 rings (SSSR count). The van der Waals surface area contributed by atoms with Crippen LogP contribution in [0.3, 0.4) is 0 Å². The summed E-state index contributed by atoms with van der Waals surface area (Å²) in [7, 11) is 0. The van der Waals surface area contributed by atoms with Crippen LogP contribution in [0.2, 0.25) is 0 Å². The van der Waals surface area contributed by atoms with Crippen LogP contribution in [0.4, 0.5) is 0 Å². The van der Waals surface area contributed by atoms with E-state index in [0.29, 0.717) is 24.3 Å². The van der Waals surface area contributed by atoms with Gasteiger partial charge in [-0.1, -0.05) is 6.42 Å². The Bertz CT molecular complexity index is 252. The van der Waals surface area contributed by atoms with E-state index in [0.717, 1.165) is 6.42 Å². The van der Waals surface area contributed by atoms with Gasteiger partial charge in [0.05, 0.1) is 0 Å². The number of hydrogen-bond donors (Lipinski definition) is 2. The largest absolute Gasteiger partial charge is 0.351 e. The van der Waals surface area contributed by atoms with Crippen LogP contribution in [0.25, 0.3) is 0 Å². The van der Waals surface area contributed by atoms with Crippen molar-refractivity contribution in [2.75, 3.05) is 6.54 Å². The van der Waals surface area contributed by atoms with Crippen molar-refractivity contribution < 1.29 is 4.79 Å². The molecular formula is C12H22N2O. The summed E-state index contributed by atoms with van der Waals surface area (Å²) in [4.78, 5) is 12.0. The van der Waals surface area contributed by atoms with Gasteiger partial charge in [0, 0.05) is 11.5 Å². The van der Waals surface area contributed by atoms with Crippen LogP contribution in [-0.4, -0.2) is 18.0 Å². The van der Waals surface area contributed by atoms with Gasteiger partial charge < -0.3 is 11.1 Å². The molecule has 2 aliphatic carbocycles. The van der Waals surface area contributed by atoms with Gasteiger partial charge in [0.15, 0.2) is 0 Å². The van der Waals surface area contributed by atoms with Gasteiger partial charge in [0.1, 0.15) is 0 Å². The molecule has 0 aromatic heterocycles. The molecule has 86 valence electrons.